The highest BCUT2D eigenvalue weighted by Crippen LogP contribution is 2.15. The van der Waals surface area contributed by atoms with E-state index in [4.69, 9.17) is 10.8 Å². The van der Waals surface area contributed by atoms with Crippen LogP contribution < -0.4 is 5.73 Å². The summed E-state index contributed by atoms with van der Waals surface area (Å²) in [7, 11) is 0. The van der Waals surface area contributed by atoms with Crippen LogP contribution in [0.1, 0.15) is 22.8 Å². The first kappa shape index (κ1) is 13.3. The summed E-state index contributed by atoms with van der Waals surface area (Å²) in [5.41, 5.74) is 6.61. The lowest BCUT2D eigenvalue weighted by molar-refractivity contribution is -0.109. The molecule has 0 spiro atoms. The quantitative estimate of drug-likeness (QED) is 0.802. The molecule has 0 fully saturated rings. The zero-order valence-corrected chi connectivity index (χ0v) is 10.2. The van der Waals surface area contributed by atoms with Gasteiger partial charge in [-0.2, -0.15) is 0 Å². The molecule has 1 aromatic rings. The zero-order valence-electron chi connectivity index (χ0n) is 9.34. The van der Waals surface area contributed by atoms with Gasteiger partial charge in [0.15, 0.2) is 5.12 Å². The molecule has 0 aliphatic heterocycles. The first-order valence-corrected chi connectivity index (χ1v) is 5.92. The molecule has 0 atom stereocenters. The van der Waals surface area contributed by atoms with Gasteiger partial charge < -0.3 is 10.8 Å². The summed E-state index contributed by atoms with van der Waals surface area (Å²) < 4.78 is 0. The van der Waals surface area contributed by atoms with Crippen LogP contribution >= 0.6 is 11.8 Å². The maximum absolute atomic E-state index is 10.8. The monoisotopic (exact) mass is 251 g/mol. The van der Waals surface area contributed by atoms with E-state index in [1.165, 1.54) is 24.8 Å². The highest BCUT2D eigenvalue weighted by Gasteiger charge is 2.07. The van der Waals surface area contributed by atoms with E-state index in [1.807, 2.05) is 6.08 Å². The van der Waals surface area contributed by atoms with Crippen LogP contribution in [0.25, 0.3) is 6.08 Å². The van der Waals surface area contributed by atoms with Crippen LogP contribution in [-0.4, -0.2) is 21.9 Å². The van der Waals surface area contributed by atoms with Crippen molar-refractivity contribution in [2.75, 3.05) is 11.5 Å². The van der Waals surface area contributed by atoms with Crippen LogP contribution in [0, 0.1) is 0 Å². The predicted octanol–water partition coefficient (Wildman–Crippen LogP) is 2.26. The summed E-state index contributed by atoms with van der Waals surface area (Å²) in [4.78, 5) is 21.5. The van der Waals surface area contributed by atoms with E-state index in [0.717, 1.165) is 5.56 Å². The number of benzene rings is 1. The lowest BCUT2D eigenvalue weighted by Crippen LogP contribution is -2.02. The summed E-state index contributed by atoms with van der Waals surface area (Å²) in [6.45, 7) is 1.50. The van der Waals surface area contributed by atoms with Crippen molar-refractivity contribution in [3.05, 3.63) is 35.4 Å². The molecule has 0 bridgehead atoms. The van der Waals surface area contributed by atoms with Crippen LogP contribution in [0.15, 0.2) is 24.3 Å². The number of nitrogens with two attached hydrogens (primary N) is 1. The fourth-order valence-corrected chi connectivity index (χ4v) is 1.64. The Hall–Kier alpha value is -1.75. The molecule has 17 heavy (non-hydrogen) atoms. The molecule has 0 radical (unpaired) electrons. The number of carbonyl (C=O) groups is 2. The molecule has 0 unspecified atom stereocenters. The Morgan fingerprint density at radius 2 is 2.18 bits per heavy atom. The van der Waals surface area contributed by atoms with Crippen LogP contribution in [0.3, 0.4) is 0 Å². The van der Waals surface area contributed by atoms with E-state index in [9.17, 15) is 9.59 Å². The van der Waals surface area contributed by atoms with Crippen molar-refractivity contribution in [3.8, 4) is 0 Å². The summed E-state index contributed by atoms with van der Waals surface area (Å²) in [6, 6.07) is 4.80. The predicted molar refractivity (Wildman–Crippen MR) is 70.0 cm³/mol. The Bertz CT molecular complexity index is 469. The van der Waals surface area contributed by atoms with Gasteiger partial charge in [-0.3, -0.25) is 4.79 Å². The molecule has 1 rings (SSSR count). The summed E-state index contributed by atoms with van der Waals surface area (Å²) in [5, 5.41) is 8.94. The Balaban J connectivity index is 2.75. The standard InChI is InChI=1S/C12H13NO3S/c1-8(14)17-6-2-3-9-4-5-11(13)10(7-9)12(15)16/h2-5,7H,6,13H2,1H3,(H,15,16). The SMILES string of the molecule is CC(=O)SCC=Cc1ccc(N)c(C(=O)O)c1. The molecule has 0 saturated carbocycles. The van der Waals surface area contributed by atoms with Crippen molar-refractivity contribution in [2.45, 2.75) is 6.92 Å². The van der Waals surface area contributed by atoms with E-state index in [-0.39, 0.29) is 16.4 Å². The minimum atomic E-state index is -1.05. The summed E-state index contributed by atoms with van der Waals surface area (Å²) in [6.07, 6.45) is 3.57. The molecular formula is C12H13NO3S. The van der Waals surface area contributed by atoms with Gasteiger partial charge in [-0.25, -0.2) is 4.79 Å². The third kappa shape index (κ3) is 4.32. The number of hydrogen-bond acceptors (Lipinski definition) is 4. The van der Waals surface area contributed by atoms with Crippen molar-refractivity contribution in [2.24, 2.45) is 0 Å². The van der Waals surface area contributed by atoms with Gasteiger partial charge in [0.2, 0.25) is 0 Å². The molecule has 5 heteroatoms. The third-order valence-corrected chi connectivity index (χ3v) is 2.77. The number of rotatable bonds is 4. The number of nitrogen functional groups attached to an aromatic ring is 1. The average molecular weight is 251 g/mol. The number of aromatic carboxylic acids is 1. The normalized spacial score (nSPS) is 10.6. The first-order valence-electron chi connectivity index (χ1n) is 4.93. The highest BCUT2D eigenvalue weighted by atomic mass is 32.2. The fourth-order valence-electron chi connectivity index (χ4n) is 1.21. The van der Waals surface area contributed by atoms with E-state index < -0.39 is 5.97 Å². The molecule has 3 N–H and O–H groups in total. The maximum Gasteiger partial charge on any atom is 0.337 e. The smallest absolute Gasteiger partial charge is 0.337 e. The van der Waals surface area contributed by atoms with Crippen LogP contribution in [0.2, 0.25) is 0 Å². The number of carboxylic acids is 1. The summed E-state index contributed by atoms with van der Waals surface area (Å²) in [5.74, 6) is -0.474. The molecule has 0 amide bonds. The molecule has 1 aromatic carbocycles. The van der Waals surface area contributed by atoms with Crippen LogP contribution in [-0.2, 0) is 4.79 Å². The molecule has 4 nitrogen and oxygen atoms in total. The topological polar surface area (TPSA) is 80.4 Å². The van der Waals surface area contributed by atoms with Crippen molar-refractivity contribution in [1.29, 1.82) is 0 Å². The summed E-state index contributed by atoms with van der Waals surface area (Å²) >= 11 is 1.20. The van der Waals surface area contributed by atoms with E-state index in [1.54, 1.807) is 18.2 Å². The molecule has 0 aromatic heterocycles. The van der Waals surface area contributed by atoms with Gasteiger partial charge in [0.25, 0.3) is 0 Å². The largest absolute Gasteiger partial charge is 0.478 e. The minimum absolute atomic E-state index is 0.0539. The van der Waals surface area contributed by atoms with E-state index in [2.05, 4.69) is 0 Å². The van der Waals surface area contributed by atoms with Crippen LogP contribution in [0.4, 0.5) is 5.69 Å². The van der Waals surface area contributed by atoms with Gasteiger partial charge in [0, 0.05) is 18.4 Å². The van der Waals surface area contributed by atoms with Gasteiger partial charge in [0.1, 0.15) is 0 Å². The second kappa shape index (κ2) is 6.10. The minimum Gasteiger partial charge on any atom is -0.478 e. The number of carboxylic acid groups (broad SMARTS) is 1. The second-order valence-corrected chi connectivity index (χ2v) is 4.55. The Kier molecular flexibility index (Phi) is 4.78. The number of anilines is 1. The van der Waals surface area contributed by atoms with Crippen molar-refractivity contribution < 1.29 is 14.7 Å². The first-order chi connectivity index (χ1) is 8.00. The number of hydrogen-bond donors (Lipinski definition) is 2. The fraction of sp³-hybridized carbons (Fsp3) is 0.167. The molecule has 0 saturated heterocycles. The van der Waals surface area contributed by atoms with Gasteiger partial charge in [-0.05, 0) is 17.7 Å². The van der Waals surface area contributed by atoms with Crippen molar-refractivity contribution in [1.82, 2.24) is 0 Å². The van der Waals surface area contributed by atoms with Gasteiger partial charge in [-0.15, -0.1) is 0 Å². The van der Waals surface area contributed by atoms with Crippen molar-refractivity contribution in [3.63, 3.8) is 0 Å². The molecule has 0 aliphatic rings. The number of thioether (sulfide) groups is 1. The molecule has 0 heterocycles. The van der Waals surface area contributed by atoms with Crippen LogP contribution in [0.5, 0.6) is 0 Å². The van der Waals surface area contributed by atoms with Gasteiger partial charge >= 0.3 is 5.97 Å². The lowest BCUT2D eigenvalue weighted by atomic mass is 10.1. The van der Waals surface area contributed by atoms with E-state index >= 15 is 0 Å². The van der Waals surface area contributed by atoms with Gasteiger partial charge in [-0.1, -0.05) is 30.0 Å². The molecule has 90 valence electrons. The average Bonchev–Trinajstić information content (AvgIpc) is 2.25. The number of carbonyl (C=O) groups excluding carboxylic acids is 1. The van der Waals surface area contributed by atoms with E-state index in [0.29, 0.717) is 5.75 Å². The Morgan fingerprint density at radius 1 is 1.47 bits per heavy atom. The molecular weight excluding hydrogens is 238 g/mol. The third-order valence-electron chi connectivity index (χ3n) is 2.00. The highest BCUT2D eigenvalue weighted by molar-refractivity contribution is 8.13. The maximum atomic E-state index is 10.8. The zero-order chi connectivity index (χ0) is 12.8. The Labute approximate surface area is 104 Å². The second-order valence-electron chi connectivity index (χ2n) is 3.36. The van der Waals surface area contributed by atoms with Crippen molar-refractivity contribution >= 4 is 34.6 Å². The molecule has 0 aliphatic carbocycles. The van der Waals surface area contributed by atoms with Gasteiger partial charge in [0.05, 0.1) is 5.56 Å². The Morgan fingerprint density at radius 3 is 2.76 bits per heavy atom. The lowest BCUT2D eigenvalue weighted by Gasteiger charge is -2.01.